The molecule has 1 heterocycles. The van der Waals surface area contributed by atoms with Crippen molar-refractivity contribution in [2.24, 2.45) is 11.7 Å². The van der Waals surface area contributed by atoms with Gasteiger partial charge in [-0.15, -0.1) is 0 Å². The number of hydrogen-bond acceptors (Lipinski definition) is 5. The van der Waals surface area contributed by atoms with Crippen LogP contribution in [0.2, 0.25) is 5.02 Å². The molecule has 0 radical (unpaired) electrons. The number of nitrogens with one attached hydrogen (secondary N) is 1. The van der Waals surface area contributed by atoms with Crippen molar-refractivity contribution in [3.8, 4) is 5.75 Å². The van der Waals surface area contributed by atoms with Gasteiger partial charge in [0.25, 0.3) is 5.91 Å². The van der Waals surface area contributed by atoms with E-state index < -0.39 is 0 Å². The van der Waals surface area contributed by atoms with Gasteiger partial charge in [-0.25, -0.2) is 0 Å². The summed E-state index contributed by atoms with van der Waals surface area (Å²) in [6, 6.07) is 8.88. The van der Waals surface area contributed by atoms with Crippen molar-refractivity contribution in [3.05, 3.63) is 53.3 Å². The Bertz CT molecular complexity index is 862. The Labute approximate surface area is 195 Å². The first kappa shape index (κ1) is 25.5. The number of aromatic nitrogens is 1. The van der Waals surface area contributed by atoms with Gasteiger partial charge >= 0.3 is 0 Å². The van der Waals surface area contributed by atoms with Crippen molar-refractivity contribution in [1.82, 2.24) is 9.88 Å². The number of ether oxygens (including phenoxy) is 1. The van der Waals surface area contributed by atoms with Gasteiger partial charge in [0.2, 0.25) is 5.91 Å². The molecule has 0 aliphatic heterocycles. The highest BCUT2D eigenvalue weighted by Gasteiger charge is 2.18. The standard InChI is InChI=1S/C24H33ClN4O3/c1-18(2)17-29(12-5-3-4-6-23(26)30)24(31)19-14-20(25)16-22(15-19)32-13-11-28-21-7-9-27-10-8-21/h7-10,14-16,18H,3-6,11-13,17H2,1-2H3,(H2,26,30)(H,27,28). The summed E-state index contributed by atoms with van der Waals surface area (Å²) in [4.78, 5) is 29.9. The lowest BCUT2D eigenvalue weighted by Crippen LogP contribution is -2.35. The first-order chi connectivity index (χ1) is 15.3. The Balaban J connectivity index is 1.94. The van der Waals surface area contributed by atoms with Gasteiger partial charge in [-0.05, 0) is 49.1 Å². The Morgan fingerprint density at radius 2 is 1.91 bits per heavy atom. The second kappa shape index (κ2) is 13.6. The molecule has 0 bridgehead atoms. The number of primary amides is 1. The minimum absolute atomic E-state index is 0.0733. The number of anilines is 1. The summed E-state index contributed by atoms with van der Waals surface area (Å²) in [5.74, 6) is 0.528. The van der Waals surface area contributed by atoms with Crippen LogP contribution in [0.3, 0.4) is 0 Å². The van der Waals surface area contributed by atoms with Crippen molar-refractivity contribution >= 4 is 29.1 Å². The Hall–Kier alpha value is -2.80. The Morgan fingerprint density at radius 1 is 1.16 bits per heavy atom. The number of halogens is 1. The van der Waals surface area contributed by atoms with Gasteiger partial charge in [-0.2, -0.15) is 0 Å². The number of pyridine rings is 1. The molecular weight excluding hydrogens is 428 g/mol. The topological polar surface area (TPSA) is 97.5 Å². The molecule has 0 fully saturated rings. The van der Waals surface area contributed by atoms with Crippen LogP contribution in [0, 0.1) is 5.92 Å². The van der Waals surface area contributed by atoms with E-state index in [4.69, 9.17) is 22.1 Å². The quantitative estimate of drug-likeness (QED) is 0.408. The third-order valence-electron chi connectivity index (χ3n) is 4.72. The number of unbranched alkanes of at least 4 members (excludes halogenated alkanes) is 2. The molecule has 2 amide bonds. The van der Waals surface area contributed by atoms with Gasteiger partial charge in [-0.3, -0.25) is 14.6 Å². The molecule has 0 saturated heterocycles. The van der Waals surface area contributed by atoms with Gasteiger partial charge in [-0.1, -0.05) is 31.9 Å². The zero-order valence-corrected chi connectivity index (χ0v) is 19.6. The number of rotatable bonds is 14. The predicted molar refractivity (Wildman–Crippen MR) is 128 cm³/mol. The van der Waals surface area contributed by atoms with E-state index in [1.807, 2.05) is 17.0 Å². The zero-order valence-electron chi connectivity index (χ0n) is 18.9. The molecule has 8 heteroatoms. The van der Waals surface area contributed by atoms with Crippen LogP contribution in [0.25, 0.3) is 0 Å². The molecule has 3 N–H and O–H groups in total. The van der Waals surface area contributed by atoms with Gasteiger partial charge in [0, 0.05) is 54.7 Å². The molecule has 1 aromatic carbocycles. The molecule has 0 saturated carbocycles. The first-order valence-electron chi connectivity index (χ1n) is 11.0. The second-order valence-corrected chi connectivity index (χ2v) is 8.55. The van der Waals surface area contributed by atoms with Gasteiger partial charge < -0.3 is 20.7 Å². The van der Waals surface area contributed by atoms with Crippen LogP contribution in [-0.2, 0) is 4.79 Å². The number of nitrogens with two attached hydrogens (primary N) is 1. The number of hydrogen-bond donors (Lipinski definition) is 2. The summed E-state index contributed by atoms with van der Waals surface area (Å²) in [7, 11) is 0. The smallest absolute Gasteiger partial charge is 0.254 e. The third-order valence-corrected chi connectivity index (χ3v) is 4.94. The number of carbonyl (C=O) groups excluding carboxylic acids is 2. The van der Waals surface area contributed by atoms with E-state index in [0.717, 1.165) is 24.9 Å². The van der Waals surface area contributed by atoms with Crippen molar-refractivity contribution in [2.75, 3.05) is 31.6 Å². The van der Waals surface area contributed by atoms with Crippen molar-refractivity contribution in [3.63, 3.8) is 0 Å². The summed E-state index contributed by atoms with van der Waals surface area (Å²) in [5, 5.41) is 3.70. The predicted octanol–water partition coefficient (Wildman–Crippen LogP) is 4.37. The molecule has 0 aliphatic carbocycles. The van der Waals surface area contributed by atoms with E-state index >= 15 is 0 Å². The van der Waals surface area contributed by atoms with E-state index in [-0.39, 0.29) is 11.8 Å². The maximum Gasteiger partial charge on any atom is 0.254 e. The maximum absolute atomic E-state index is 13.2. The fourth-order valence-corrected chi connectivity index (χ4v) is 3.51. The van der Waals surface area contributed by atoms with Gasteiger partial charge in [0.1, 0.15) is 12.4 Å². The van der Waals surface area contributed by atoms with Crippen LogP contribution in [0.15, 0.2) is 42.7 Å². The molecule has 32 heavy (non-hydrogen) atoms. The first-order valence-corrected chi connectivity index (χ1v) is 11.4. The van der Waals surface area contributed by atoms with Crippen molar-refractivity contribution < 1.29 is 14.3 Å². The van der Waals surface area contributed by atoms with E-state index in [2.05, 4.69) is 24.1 Å². The Morgan fingerprint density at radius 3 is 2.59 bits per heavy atom. The highest BCUT2D eigenvalue weighted by Crippen LogP contribution is 2.23. The molecule has 1 aromatic heterocycles. The molecule has 0 unspecified atom stereocenters. The van der Waals surface area contributed by atoms with E-state index in [9.17, 15) is 9.59 Å². The van der Waals surface area contributed by atoms with E-state index in [1.54, 1.807) is 30.6 Å². The largest absolute Gasteiger partial charge is 0.492 e. The lowest BCUT2D eigenvalue weighted by atomic mass is 10.1. The maximum atomic E-state index is 13.2. The molecule has 7 nitrogen and oxygen atoms in total. The van der Waals surface area contributed by atoms with E-state index in [1.165, 1.54) is 0 Å². The molecule has 0 aliphatic rings. The van der Waals surface area contributed by atoms with Gasteiger partial charge in [0.05, 0.1) is 0 Å². The zero-order chi connectivity index (χ0) is 23.3. The summed E-state index contributed by atoms with van der Waals surface area (Å²) in [5.41, 5.74) is 6.66. The Kier molecular flexibility index (Phi) is 10.8. The highest BCUT2D eigenvalue weighted by atomic mass is 35.5. The SMILES string of the molecule is CC(C)CN(CCCCCC(N)=O)C(=O)c1cc(Cl)cc(OCCNc2ccncc2)c1. The summed E-state index contributed by atoms with van der Waals surface area (Å²) >= 11 is 6.27. The monoisotopic (exact) mass is 460 g/mol. The lowest BCUT2D eigenvalue weighted by molar-refractivity contribution is -0.118. The van der Waals surface area contributed by atoms with Crippen molar-refractivity contribution in [2.45, 2.75) is 39.5 Å². The van der Waals surface area contributed by atoms with Crippen LogP contribution in [0.4, 0.5) is 5.69 Å². The average molecular weight is 461 g/mol. The fraction of sp³-hybridized carbons (Fsp3) is 0.458. The average Bonchev–Trinajstić information content (AvgIpc) is 2.75. The molecule has 2 rings (SSSR count). The number of carbonyl (C=O) groups is 2. The van der Waals surface area contributed by atoms with Crippen LogP contribution >= 0.6 is 11.6 Å². The van der Waals surface area contributed by atoms with Crippen LogP contribution in [0.1, 0.15) is 49.9 Å². The summed E-state index contributed by atoms with van der Waals surface area (Å²) < 4.78 is 5.82. The van der Waals surface area contributed by atoms with Crippen LogP contribution in [-0.4, -0.2) is 47.9 Å². The molecular formula is C24H33ClN4O3. The molecule has 0 spiro atoms. The van der Waals surface area contributed by atoms with Crippen molar-refractivity contribution in [1.29, 1.82) is 0 Å². The molecule has 174 valence electrons. The minimum Gasteiger partial charge on any atom is -0.492 e. The van der Waals surface area contributed by atoms with Crippen LogP contribution in [0.5, 0.6) is 5.75 Å². The summed E-state index contributed by atoms with van der Waals surface area (Å²) in [6.45, 7) is 6.45. The number of nitrogens with zero attached hydrogens (tertiary/aromatic N) is 2. The second-order valence-electron chi connectivity index (χ2n) is 8.11. The third kappa shape index (κ3) is 9.56. The van der Waals surface area contributed by atoms with Crippen LogP contribution < -0.4 is 15.8 Å². The number of amides is 2. The fourth-order valence-electron chi connectivity index (χ4n) is 3.28. The normalized spacial score (nSPS) is 10.8. The highest BCUT2D eigenvalue weighted by molar-refractivity contribution is 6.31. The van der Waals surface area contributed by atoms with Gasteiger partial charge in [0.15, 0.2) is 0 Å². The number of benzene rings is 1. The molecule has 0 atom stereocenters. The minimum atomic E-state index is -0.289. The lowest BCUT2D eigenvalue weighted by Gasteiger charge is -2.25. The summed E-state index contributed by atoms with van der Waals surface area (Å²) in [6.07, 6.45) is 6.22. The van der Waals surface area contributed by atoms with E-state index in [0.29, 0.717) is 54.9 Å². The molecule has 2 aromatic rings.